The van der Waals surface area contributed by atoms with E-state index < -0.39 is 6.10 Å². The summed E-state index contributed by atoms with van der Waals surface area (Å²) >= 11 is 0. The molecule has 0 bridgehead atoms. The average molecular weight is 1340 g/mol. The van der Waals surface area contributed by atoms with Crippen molar-refractivity contribution < 1.29 is 39.4 Å². The van der Waals surface area contributed by atoms with Crippen molar-refractivity contribution in [2.75, 3.05) is 34.0 Å². The predicted octanol–water partition coefficient (Wildman–Crippen LogP) is 19.4. The molecule has 2 unspecified atom stereocenters. The zero-order valence-electron chi connectivity index (χ0n) is 55.6. The van der Waals surface area contributed by atoms with Gasteiger partial charge in [-0.1, -0.05) is 194 Å². The standard InChI is InChI=1S/C45H31N3O4.C41H23N3O2.C3H6O2/c1-51-23-25(49)24-52-26-16-17-39(40(50)22-26)45-47-43(37-20-18-35-29-10-4-2-8-27(29)31-12-6-14-33(37)41(31)35)46-44(48-45)38-21-19-36-30-11-5-3-9-28(30)32-13-7-15-34(38)42(32)36;45-22-15-16-35(36(46)21-22)41-43-39(33-19-17-31-25-9-3-1-7-23(25)27-11-5-13-29(33)37(27)31)42-40(44-41)34-20-18-32-26-10-4-2-8-24(26)28-12-6-14-30(34)38(28)32;1-4-3-2-5-3/h2-22,25,49-50H,23-24H2,1H3;1-21,45-46H;3H,2H2,1H3. The van der Waals surface area contributed by atoms with E-state index in [4.69, 9.17) is 39.4 Å². The van der Waals surface area contributed by atoms with E-state index in [1.807, 2.05) is 0 Å². The molecule has 494 valence electrons. The number of nitrogens with zero attached hydrogens (tertiary/aromatic N) is 6. The molecule has 1 fully saturated rings. The second kappa shape index (κ2) is 24.5. The van der Waals surface area contributed by atoms with Crippen molar-refractivity contribution in [2.24, 2.45) is 0 Å². The molecule has 0 saturated carbocycles. The molecule has 103 heavy (non-hydrogen) atoms. The van der Waals surface area contributed by atoms with Gasteiger partial charge in [-0.2, -0.15) is 0 Å². The van der Waals surface area contributed by atoms with Gasteiger partial charge in [0.15, 0.2) is 41.2 Å². The Balaban J connectivity index is 0.000000134. The zero-order chi connectivity index (χ0) is 69.1. The summed E-state index contributed by atoms with van der Waals surface area (Å²) in [7, 11) is 3.16. The smallest absolute Gasteiger partial charge is 0.180 e. The molecule has 3 heterocycles. The van der Waals surface area contributed by atoms with Crippen LogP contribution in [0.15, 0.2) is 255 Å². The third-order valence-corrected chi connectivity index (χ3v) is 20.2. The Kier molecular flexibility index (Phi) is 14.6. The van der Waals surface area contributed by atoms with Gasteiger partial charge in [0.2, 0.25) is 0 Å². The highest BCUT2D eigenvalue weighted by Gasteiger charge is 2.30. The highest BCUT2D eigenvalue weighted by molar-refractivity contribution is 6.22. The second-order valence-electron chi connectivity index (χ2n) is 26.1. The molecule has 14 heteroatoms. The molecule has 5 aliphatic rings. The van der Waals surface area contributed by atoms with Crippen molar-refractivity contribution in [3.63, 3.8) is 0 Å². The lowest BCUT2D eigenvalue weighted by Crippen LogP contribution is -2.22. The van der Waals surface area contributed by atoms with Crippen LogP contribution in [0.25, 0.3) is 200 Å². The Morgan fingerprint density at radius 3 is 0.874 bits per heavy atom. The molecule has 0 amide bonds. The highest BCUT2D eigenvalue weighted by atomic mass is 16.8. The van der Waals surface area contributed by atoms with E-state index in [0.717, 1.165) is 50.4 Å². The van der Waals surface area contributed by atoms with E-state index in [-0.39, 0.29) is 36.8 Å². The molecule has 21 rings (SSSR count). The Labute approximate surface area is 590 Å². The van der Waals surface area contributed by atoms with Gasteiger partial charge in [0, 0.05) is 48.6 Å². The van der Waals surface area contributed by atoms with Crippen LogP contribution in [-0.4, -0.2) is 96.8 Å². The van der Waals surface area contributed by atoms with Gasteiger partial charge >= 0.3 is 0 Å². The molecular formula is C89H60N6O8. The first-order valence-electron chi connectivity index (χ1n) is 34.1. The summed E-state index contributed by atoms with van der Waals surface area (Å²) in [5.74, 6) is 2.93. The van der Waals surface area contributed by atoms with Crippen molar-refractivity contribution in [3.8, 4) is 180 Å². The largest absolute Gasteiger partial charge is 0.508 e. The first-order chi connectivity index (χ1) is 50.6. The summed E-state index contributed by atoms with van der Waals surface area (Å²) < 4.78 is 20.0. The first-order valence-corrected chi connectivity index (χ1v) is 34.1. The summed E-state index contributed by atoms with van der Waals surface area (Å²) in [4.78, 5) is 30.4. The van der Waals surface area contributed by atoms with Crippen LogP contribution in [0.5, 0.6) is 23.0 Å². The fraction of sp³-hybridized carbons (Fsp3) is 0.0787. The van der Waals surface area contributed by atoms with Crippen LogP contribution in [0.1, 0.15) is 0 Å². The number of epoxide rings is 1. The lowest BCUT2D eigenvalue weighted by Gasteiger charge is -2.14. The number of phenols is 3. The molecule has 16 aromatic rings. The van der Waals surface area contributed by atoms with Crippen LogP contribution in [0.3, 0.4) is 0 Å². The Bertz CT molecular complexity index is 5830. The first kappa shape index (κ1) is 61.3. The van der Waals surface area contributed by atoms with Crippen molar-refractivity contribution >= 4 is 43.1 Å². The van der Waals surface area contributed by atoms with Crippen molar-refractivity contribution in [3.05, 3.63) is 255 Å². The monoisotopic (exact) mass is 1340 g/mol. The highest BCUT2D eigenvalue weighted by Crippen LogP contribution is 2.54. The fourth-order valence-corrected chi connectivity index (χ4v) is 15.6. The SMILES string of the molecule is COC1CO1.COCC(O)COc1ccc(-c2nc(-c3ccc4c5c(cccc35)-c3ccccc3-4)nc(-c3ccc4c5c(cccc35)-c3ccccc3-4)n2)c(O)c1.Oc1ccc(-c2nc(-c3ccc4c5c(cccc35)-c3ccccc3-4)nc(-c3ccc4c5c(cccc35)-c3ccccc3-4)n2)c(O)c1. The Morgan fingerprint density at radius 1 is 0.320 bits per heavy atom. The summed E-state index contributed by atoms with van der Waals surface area (Å²) in [6.45, 7) is 0.958. The minimum atomic E-state index is -0.795. The third-order valence-electron chi connectivity index (χ3n) is 20.2. The summed E-state index contributed by atoms with van der Waals surface area (Å²) in [6.07, 6.45) is -0.661. The average Bonchev–Trinajstić information content (AvgIpc) is 1.60. The van der Waals surface area contributed by atoms with Crippen LogP contribution in [0, 0.1) is 0 Å². The summed E-state index contributed by atoms with van der Waals surface area (Å²) in [5.41, 5.74) is 23.7. The Hall–Kier alpha value is -12.8. The van der Waals surface area contributed by atoms with E-state index in [2.05, 4.69) is 228 Å². The molecule has 1 aliphatic heterocycles. The van der Waals surface area contributed by atoms with Crippen molar-refractivity contribution in [1.82, 2.24) is 29.9 Å². The number of aromatic hydroxyl groups is 3. The minimum Gasteiger partial charge on any atom is -0.508 e. The molecule has 4 aliphatic carbocycles. The quantitative estimate of drug-likeness (QED) is 0.0843. The van der Waals surface area contributed by atoms with Crippen molar-refractivity contribution in [1.29, 1.82) is 0 Å². The lowest BCUT2D eigenvalue weighted by molar-refractivity contribution is 0.0325. The number of ether oxygens (including phenoxy) is 4. The predicted molar refractivity (Wildman–Crippen MR) is 405 cm³/mol. The summed E-state index contributed by atoms with van der Waals surface area (Å²) in [5, 5.41) is 51.3. The molecule has 4 N–H and O–H groups in total. The van der Waals surface area contributed by atoms with Crippen molar-refractivity contribution in [2.45, 2.75) is 12.4 Å². The molecule has 14 aromatic carbocycles. The fourth-order valence-electron chi connectivity index (χ4n) is 15.6. The van der Waals surface area contributed by atoms with Gasteiger partial charge in [-0.25, -0.2) is 29.9 Å². The van der Waals surface area contributed by atoms with Gasteiger partial charge in [0.05, 0.1) is 17.7 Å². The van der Waals surface area contributed by atoms with E-state index in [1.54, 1.807) is 25.3 Å². The van der Waals surface area contributed by atoms with Gasteiger partial charge in [-0.3, -0.25) is 0 Å². The molecular weight excluding hydrogens is 1280 g/mol. The van der Waals surface area contributed by atoms with Gasteiger partial charge in [-0.05, 0) is 181 Å². The Morgan fingerprint density at radius 2 is 0.592 bits per heavy atom. The molecule has 0 radical (unpaired) electrons. The van der Waals surface area contributed by atoms with Gasteiger partial charge in [0.25, 0.3) is 0 Å². The number of methoxy groups -OCH3 is 2. The van der Waals surface area contributed by atoms with E-state index in [1.165, 1.54) is 136 Å². The van der Waals surface area contributed by atoms with Crippen LogP contribution in [-0.2, 0) is 14.2 Å². The molecule has 0 spiro atoms. The molecule has 1 saturated heterocycles. The summed E-state index contributed by atoms with van der Waals surface area (Å²) in [6, 6.07) is 86.0. The maximum Gasteiger partial charge on any atom is 0.180 e. The topological polar surface area (TPSA) is 198 Å². The molecule has 2 atom stereocenters. The number of hydrogen-bond donors (Lipinski definition) is 4. The number of rotatable bonds is 12. The minimum absolute atomic E-state index is 0.0243. The maximum absolute atomic E-state index is 11.4. The van der Waals surface area contributed by atoms with E-state index >= 15 is 0 Å². The number of aliphatic hydroxyl groups excluding tert-OH is 1. The number of benzene rings is 14. The zero-order valence-corrected chi connectivity index (χ0v) is 55.6. The van der Waals surface area contributed by atoms with Gasteiger partial charge < -0.3 is 39.4 Å². The van der Waals surface area contributed by atoms with Crippen LogP contribution >= 0.6 is 0 Å². The van der Waals surface area contributed by atoms with E-state index in [9.17, 15) is 20.4 Å². The van der Waals surface area contributed by atoms with Crippen LogP contribution < -0.4 is 4.74 Å². The maximum atomic E-state index is 11.4. The van der Waals surface area contributed by atoms with Gasteiger partial charge in [-0.15, -0.1) is 0 Å². The van der Waals surface area contributed by atoms with Crippen LogP contribution in [0.4, 0.5) is 0 Å². The number of fused-ring (bicyclic) bond motifs is 12. The van der Waals surface area contributed by atoms with Gasteiger partial charge in [0.1, 0.15) is 42.3 Å². The lowest BCUT2D eigenvalue weighted by atomic mass is 9.97. The second-order valence-corrected chi connectivity index (χ2v) is 26.1. The molecule has 14 nitrogen and oxygen atoms in total. The van der Waals surface area contributed by atoms with Crippen LogP contribution in [0.2, 0.25) is 0 Å². The molecule has 2 aromatic heterocycles. The number of aliphatic hydroxyl groups is 1. The normalized spacial score (nSPS) is 13.4. The number of hydrogen-bond acceptors (Lipinski definition) is 14. The van der Waals surface area contributed by atoms with E-state index in [0.29, 0.717) is 51.8 Å². The number of aromatic nitrogens is 6. The third kappa shape index (κ3) is 10.2. The number of phenolic OH excluding ortho intramolecular Hbond substituents is 3.